The van der Waals surface area contributed by atoms with Gasteiger partial charge in [-0.2, -0.15) is 13.2 Å². The first-order chi connectivity index (χ1) is 11.8. The molecule has 1 aromatic carbocycles. The summed E-state index contributed by atoms with van der Waals surface area (Å²) in [5, 5.41) is 4.67. The minimum absolute atomic E-state index is 0.0718. The molecule has 134 valence electrons. The van der Waals surface area contributed by atoms with E-state index in [-0.39, 0.29) is 43.7 Å². The number of fused-ring (bicyclic) bond motifs is 1. The summed E-state index contributed by atoms with van der Waals surface area (Å²) in [4.78, 5) is 38.6. The lowest BCUT2D eigenvalue weighted by Crippen LogP contribution is -2.66. The lowest BCUT2D eigenvalue weighted by atomic mass is 10.1. The first kappa shape index (κ1) is 17.1. The molecule has 0 bridgehead atoms. The Hall–Kier alpha value is -2.78. The Morgan fingerprint density at radius 2 is 1.92 bits per heavy atom. The maximum Gasteiger partial charge on any atom is 0.418 e. The number of nitrogens with zero attached hydrogens (tertiary/aromatic N) is 2. The van der Waals surface area contributed by atoms with Crippen LogP contribution in [-0.4, -0.2) is 59.9 Å². The van der Waals surface area contributed by atoms with Gasteiger partial charge in [-0.25, -0.2) is 4.79 Å². The van der Waals surface area contributed by atoms with Crippen molar-refractivity contribution < 1.29 is 27.6 Å². The number of hydrogen-bond donors (Lipinski definition) is 2. The molecule has 2 saturated heterocycles. The number of carbonyl (C=O) groups excluding carboxylic acids is 3. The molecule has 0 saturated carbocycles. The minimum atomic E-state index is -4.60. The third kappa shape index (κ3) is 3.37. The van der Waals surface area contributed by atoms with Crippen molar-refractivity contribution in [1.82, 2.24) is 15.1 Å². The number of halogens is 3. The maximum absolute atomic E-state index is 13.0. The van der Waals surface area contributed by atoms with Crippen LogP contribution in [0.25, 0.3) is 0 Å². The predicted molar refractivity (Wildman–Crippen MR) is 80.5 cm³/mol. The lowest BCUT2D eigenvalue weighted by molar-refractivity contribution is -0.148. The van der Waals surface area contributed by atoms with Gasteiger partial charge in [-0.3, -0.25) is 9.59 Å². The fourth-order valence-corrected chi connectivity index (χ4v) is 2.91. The Balaban J connectivity index is 1.73. The van der Waals surface area contributed by atoms with E-state index in [1.807, 2.05) is 0 Å². The van der Waals surface area contributed by atoms with E-state index in [1.54, 1.807) is 0 Å². The first-order valence-corrected chi connectivity index (χ1v) is 7.56. The summed E-state index contributed by atoms with van der Waals surface area (Å²) in [6.07, 6.45) is -4.60. The molecule has 0 radical (unpaired) electrons. The van der Waals surface area contributed by atoms with E-state index in [2.05, 4.69) is 10.6 Å². The lowest BCUT2D eigenvalue weighted by Gasteiger charge is -2.42. The van der Waals surface area contributed by atoms with Gasteiger partial charge in [0.2, 0.25) is 11.8 Å². The van der Waals surface area contributed by atoms with Crippen LogP contribution in [0, 0.1) is 0 Å². The van der Waals surface area contributed by atoms with Crippen molar-refractivity contribution in [2.45, 2.75) is 12.2 Å². The van der Waals surface area contributed by atoms with Gasteiger partial charge < -0.3 is 20.4 Å². The highest BCUT2D eigenvalue weighted by atomic mass is 19.4. The van der Waals surface area contributed by atoms with Crippen molar-refractivity contribution in [1.29, 1.82) is 0 Å². The van der Waals surface area contributed by atoms with Gasteiger partial charge in [0.25, 0.3) is 0 Å². The Bertz CT molecular complexity index is 722. The van der Waals surface area contributed by atoms with Gasteiger partial charge in [-0.05, 0) is 12.1 Å². The molecule has 1 atom stereocenters. The molecule has 25 heavy (non-hydrogen) atoms. The van der Waals surface area contributed by atoms with E-state index >= 15 is 0 Å². The van der Waals surface area contributed by atoms with Gasteiger partial charge in [-0.15, -0.1) is 0 Å². The van der Waals surface area contributed by atoms with Crippen molar-refractivity contribution in [3.8, 4) is 0 Å². The molecule has 10 heteroatoms. The van der Waals surface area contributed by atoms with Crippen molar-refractivity contribution in [2.75, 3.05) is 31.5 Å². The van der Waals surface area contributed by atoms with Crippen LogP contribution in [0.15, 0.2) is 24.3 Å². The average molecular weight is 356 g/mol. The Morgan fingerprint density at radius 1 is 1.20 bits per heavy atom. The van der Waals surface area contributed by atoms with Crippen molar-refractivity contribution in [3.63, 3.8) is 0 Å². The molecular formula is C15H15F3N4O3. The second-order valence-corrected chi connectivity index (χ2v) is 5.74. The fraction of sp³-hybridized carbons (Fsp3) is 0.400. The molecule has 0 spiro atoms. The number of piperazine rings is 2. The summed E-state index contributed by atoms with van der Waals surface area (Å²) in [7, 11) is 0. The topological polar surface area (TPSA) is 81.8 Å². The average Bonchev–Trinajstić information content (AvgIpc) is 2.57. The van der Waals surface area contributed by atoms with E-state index < -0.39 is 23.8 Å². The van der Waals surface area contributed by atoms with Crippen LogP contribution in [0.5, 0.6) is 0 Å². The molecule has 7 nitrogen and oxygen atoms in total. The summed E-state index contributed by atoms with van der Waals surface area (Å²) in [5.74, 6) is -0.625. The predicted octanol–water partition coefficient (Wildman–Crippen LogP) is 0.880. The molecular weight excluding hydrogens is 341 g/mol. The minimum Gasteiger partial charge on any atom is -0.345 e. The zero-order chi connectivity index (χ0) is 18.2. The van der Waals surface area contributed by atoms with E-state index in [1.165, 1.54) is 21.9 Å². The van der Waals surface area contributed by atoms with E-state index in [0.717, 1.165) is 12.1 Å². The summed E-state index contributed by atoms with van der Waals surface area (Å²) in [6.45, 7) is 0.138. The van der Waals surface area contributed by atoms with E-state index in [4.69, 9.17) is 0 Å². The third-order valence-electron chi connectivity index (χ3n) is 4.18. The fourth-order valence-electron chi connectivity index (χ4n) is 2.91. The number of urea groups is 1. The molecule has 2 aliphatic rings. The number of para-hydroxylation sites is 1. The van der Waals surface area contributed by atoms with E-state index in [0.29, 0.717) is 0 Å². The van der Waals surface area contributed by atoms with Crippen LogP contribution >= 0.6 is 0 Å². The van der Waals surface area contributed by atoms with Crippen LogP contribution in [0.3, 0.4) is 0 Å². The number of nitrogens with one attached hydrogen (secondary N) is 2. The van der Waals surface area contributed by atoms with Gasteiger partial charge in [0, 0.05) is 13.1 Å². The Labute approximate surface area is 140 Å². The van der Waals surface area contributed by atoms with Gasteiger partial charge in [-0.1, -0.05) is 12.1 Å². The van der Waals surface area contributed by atoms with Gasteiger partial charge in [0.1, 0.15) is 6.04 Å². The Morgan fingerprint density at radius 3 is 2.64 bits per heavy atom. The molecule has 2 fully saturated rings. The van der Waals surface area contributed by atoms with Crippen LogP contribution in [0.1, 0.15) is 5.56 Å². The number of rotatable bonds is 1. The molecule has 2 aliphatic heterocycles. The third-order valence-corrected chi connectivity index (χ3v) is 4.18. The van der Waals surface area contributed by atoms with Crippen LogP contribution in [-0.2, 0) is 15.8 Å². The SMILES string of the molecule is O=C1NCC(=O)N2CCN(C(=O)Nc3ccccc3C(F)(F)F)C[C@H]12. The number of amides is 4. The summed E-state index contributed by atoms with van der Waals surface area (Å²) < 4.78 is 39.0. The van der Waals surface area contributed by atoms with Crippen molar-refractivity contribution >= 4 is 23.5 Å². The molecule has 0 aromatic heterocycles. The molecule has 3 rings (SSSR count). The second-order valence-electron chi connectivity index (χ2n) is 5.74. The zero-order valence-corrected chi connectivity index (χ0v) is 13.0. The van der Waals surface area contributed by atoms with Crippen molar-refractivity contribution in [3.05, 3.63) is 29.8 Å². The number of anilines is 1. The Kier molecular flexibility index (Phi) is 4.27. The monoisotopic (exact) mass is 356 g/mol. The van der Waals surface area contributed by atoms with Gasteiger partial charge in [0.15, 0.2) is 0 Å². The summed E-state index contributed by atoms with van der Waals surface area (Å²) in [6, 6.07) is 3.08. The largest absolute Gasteiger partial charge is 0.418 e. The van der Waals surface area contributed by atoms with Gasteiger partial charge >= 0.3 is 12.2 Å². The molecule has 2 heterocycles. The number of benzene rings is 1. The van der Waals surface area contributed by atoms with Gasteiger partial charge in [0.05, 0.1) is 24.3 Å². The second kappa shape index (κ2) is 6.26. The quantitative estimate of drug-likeness (QED) is 0.784. The van der Waals surface area contributed by atoms with Crippen molar-refractivity contribution in [2.24, 2.45) is 0 Å². The highest BCUT2D eigenvalue weighted by Gasteiger charge is 2.40. The molecule has 1 aromatic rings. The number of carbonyl (C=O) groups is 3. The first-order valence-electron chi connectivity index (χ1n) is 7.56. The summed E-state index contributed by atoms with van der Waals surface area (Å²) in [5.41, 5.74) is -1.31. The van der Waals surface area contributed by atoms with Crippen LogP contribution in [0.2, 0.25) is 0 Å². The van der Waals surface area contributed by atoms with Crippen LogP contribution in [0.4, 0.5) is 23.7 Å². The zero-order valence-electron chi connectivity index (χ0n) is 13.0. The highest BCUT2D eigenvalue weighted by Crippen LogP contribution is 2.34. The smallest absolute Gasteiger partial charge is 0.345 e. The van der Waals surface area contributed by atoms with Crippen LogP contribution < -0.4 is 10.6 Å². The standard InChI is InChI=1S/C15H15F3N4O3/c16-15(17,18)9-3-1-2-4-10(9)20-14(25)21-5-6-22-11(8-21)13(24)19-7-12(22)23/h1-4,11H,5-8H2,(H,19,24)(H,20,25)/t11-/m1/s1. The molecule has 0 aliphatic carbocycles. The number of alkyl halides is 3. The molecule has 2 N–H and O–H groups in total. The van der Waals surface area contributed by atoms with E-state index in [9.17, 15) is 27.6 Å². The highest BCUT2D eigenvalue weighted by molar-refractivity contribution is 5.96. The normalized spacial score (nSPS) is 20.8. The molecule has 4 amide bonds. The summed E-state index contributed by atoms with van der Waals surface area (Å²) >= 11 is 0. The molecule has 0 unspecified atom stereocenters. The maximum atomic E-state index is 13.0. The number of hydrogen-bond acceptors (Lipinski definition) is 3.